The van der Waals surface area contributed by atoms with Gasteiger partial charge in [-0.15, -0.1) is 0 Å². The SMILES string of the molecule is CCNCCc1ccc(CN(CC)CC(C)C)cc1. The molecule has 1 N–H and O–H groups in total. The molecule has 0 bridgehead atoms. The molecule has 0 radical (unpaired) electrons. The van der Waals surface area contributed by atoms with E-state index in [0.29, 0.717) is 0 Å². The Morgan fingerprint density at radius 1 is 1.05 bits per heavy atom. The standard InChI is InChI=1S/C17H30N2/c1-5-18-12-11-16-7-9-17(10-8-16)14-19(6-2)13-15(3)4/h7-10,15,18H,5-6,11-14H2,1-4H3. The fraction of sp³-hybridized carbons (Fsp3) is 0.647. The molecule has 0 aliphatic carbocycles. The molecular formula is C17H30N2. The van der Waals surface area contributed by atoms with Crippen LogP contribution in [0.5, 0.6) is 0 Å². The van der Waals surface area contributed by atoms with E-state index in [1.807, 2.05) is 0 Å². The van der Waals surface area contributed by atoms with E-state index in [0.717, 1.165) is 38.5 Å². The molecule has 0 fully saturated rings. The highest BCUT2D eigenvalue weighted by Crippen LogP contribution is 2.09. The van der Waals surface area contributed by atoms with Crippen LogP contribution in [0.25, 0.3) is 0 Å². The van der Waals surface area contributed by atoms with Gasteiger partial charge in [-0.3, -0.25) is 4.90 Å². The van der Waals surface area contributed by atoms with Gasteiger partial charge in [-0.1, -0.05) is 52.0 Å². The van der Waals surface area contributed by atoms with E-state index in [1.165, 1.54) is 17.7 Å². The zero-order chi connectivity index (χ0) is 14.1. The molecule has 2 nitrogen and oxygen atoms in total. The quantitative estimate of drug-likeness (QED) is 0.687. The molecule has 2 heteroatoms. The van der Waals surface area contributed by atoms with Gasteiger partial charge in [0.2, 0.25) is 0 Å². The molecule has 1 aromatic rings. The van der Waals surface area contributed by atoms with Gasteiger partial charge in [0.1, 0.15) is 0 Å². The van der Waals surface area contributed by atoms with Gasteiger partial charge in [-0.2, -0.15) is 0 Å². The van der Waals surface area contributed by atoms with Crippen molar-refractivity contribution in [2.24, 2.45) is 5.92 Å². The van der Waals surface area contributed by atoms with Gasteiger partial charge < -0.3 is 5.32 Å². The zero-order valence-corrected chi connectivity index (χ0v) is 13.1. The minimum atomic E-state index is 0.736. The van der Waals surface area contributed by atoms with Gasteiger partial charge in [-0.05, 0) is 43.1 Å². The summed E-state index contributed by atoms with van der Waals surface area (Å²) in [6.45, 7) is 14.5. The number of likely N-dealkylation sites (N-methyl/N-ethyl adjacent to an activating group) is 1. The Balaban J connectivity index is 2.46. The van der Waals surface area contributed by atoms with Crippen molar-refractivity contribution in [3.8, 4) is 0 Å². The minimum absolute atomic E-state index is 0.736. The van der Waals surface area contributed by atoms with Crippen molar-refractivity contribution in [1.29, 1.82) is 0 Å². The lowest BCUT2D eigenvalue weighted by Gasteiger charge is -2.22. The van der Waals surface area contributed by atoms with Crippen LogP contribution < -0.4 is 5.32 Å². The second kappa shape index (κ2) is 9.11. The molecule has 0 aliphatic heterocycles. The van der Waals surface area contributed by atoms with Crippen molar-refractivity contribution in [3.63, 3.8) is 0 Å². The van der Waals surface area contributed by atoms with Crippen LogP contribution in [-0.2, 0) is 13.0 Å². The van der Waals surface area contributed by atoms with Crippen molar-refractivity contribution in [2.45, 2.75) is 40.7 Å². The molecule has 0 atom stereocenters. The fourth-order valence-electron chi connectivity index (χ4n) is 2.30. The lowest BCUT2D eigenvalue weighted by molar-refractivity contribution is 0.248. The summed E-state index contributed by atoms with van der Waals surface area (Å²) in [5.41, 5.74) is 2.85. The van der Waals surface area contributed by atoms with Gasteiger partial charge in [0.15, 0.2) is 0 Å². The number of nitrogens with zero attached hydrogens (tertiary/aromatic N) is 1. The summed E-state index contributed by atoms with van der Waals surface area (Å²) >= 11 is 0. The van der Waals surface area contributed by atoms with E-state index in [-0.39, 0.29) is 0 Å². The normalized spacial score (nSPS) is 11.5. The minimum Gasteiger partial charge on any atom is -0.317 e. The molecule has 0 unspecified atom stereocenters. The number of nitrogens with one attached hydrogen (secondary N) is 1. The summed E-state index contributed by atoms with van der Waals surface area (Å²) in [6, 6.07) is 9.11. The Morgan fingerprint density at radius 2 is 1.68 bits per heavy atom. The van der Waals surface area contributed by atoms with Crippen molar-refractivity contribution >= 4 is 0 Å². The number of rotatable bonds is 9. The third kappa shape index (κ3) is 6.74. The molecular weight excluding hydrogens is 232 g/mol. The maximum Gasteiger partial charge on any atom is 0.0233 e. The van der Waals surface area contributed by atoms with Crippen LogP contribution in [0, 0.1) is 5.92 Å². The first-order valence-corrected chi connectivity index (χ1v) is 7.66. The molecule has 0 saturated carbocycles. The van der Waals surface area contributed by atoms with Crippen molar-refractivity contribution in [3.05, 3.63) is 35.4 Å². The van der Waals surface area contributed by atoms with E-state index in [9.17, 15) is 0 Å². The average Bonchev–Trinajstić information content (AvgIpc) is 2.39. The van der Waals surface area contributed by atoms with Crippen LogP contribution in [0.1, 0.15) is 38.8 Å². The second-order valence-corrected chi connectivity index (χ2v) is 5.64. The molecule has 1 aromatic carbocycles. The van der Waals surface area contributed by atoms with Crippen LogP contribution in [0.3, 0.4) is 0 Å². The summed E-state index contributed by atoms with van der Waals surface area (Å²) in [5, 5.41) is 3.37. The number of benzene rings is 1. The first-order chi connectivity index (χ1) is 9.15. The maximum absolute atomic E-state index is 3.37. The Hall–Kier alpha value is -0.860. The molecule has 1 rings (SSSR count). The topological polar surface area (TPSA) is 15.3 Å². The van der Waals surface area contributed by atoms with Crippen LogP contribution in [-0.4, -0.2) is 31.1 Å². The molecule has 108 valence electrons. The van der Waals surface area contributed by atoms with Gasteiger partial charge in [0, 0.05) is 13.1 Å². The predicted octanol–water partition coefficient (Wildman–Crippen LogP) is 3.32. The summed E-state index contributed by atoms with van der Waals surface area (Å²) in [5.74, 6) is 0.736. The highest BCUT2D eigenvalue weighted by atomic mass is 15.1. The van der Waals surface area contributed by atoms with E-state index in [1.54, 1.807) is 0 Å². The molecule has 0 saturated heterocycles. The van der Waals surface area contributed by atoms with Gasteiger partial charge in [-0.25, -0.2) is 0 Å². The van der Waals surface area contributed by atoms with E-state index < -0.39 is 0 Å². The van der Waals surface area contributed by atoms with Crippen molar-refractivity contribution in [1.82, 2.24) is 10.2 Å². The van der Waals surface area contributed by atoms with Crippen LogP contribution in [0.15, 0.2) is 24.3 Å². The first kappa shape index (κ1) is 16.2. The van der Waals surface area contributed by atoms with Gasteiger partial charge in [0.25, 0.3) is 0 Å². The fourth-order valence-corrected chi connectivity index (χ4v) is 2.30. The Labute approximate surface area is 119 Å². The van der Waals surface area contributed by atoms with Crippen LogP contribution >= 0.6 is 0 Å². The predicted molar refractivity (Wildman–Crippen MR) is 84.5 cm³/mol. The lowest BCUT2D eigenvalue weighted by Crippen LogP contribution is -2.27. The Kier molecular flexibility index (Phi) is 7.76. The van der Waals surface area contributed by atoms with E-state index in [4.69, 9.17) is 0 Å². The summed E-state index contributed by atoms with van der Waals surface area (Å²) < 4.78 is 0. The summed E-state index contributed by atoms with van der Waals surface area (Å²) in [4.78, 5) is 2.51. The third-order valence-corrected chi connectivity index (χ3v) is 3.34. The van der Waals surface area contributed by atoms with Crippen molar-refractivity contribution in [2.75, 3.05) is 26.2 Å². The number of hydrogen-bond donors (Lipinski definition) is 1. The largest absolute Gasteiger partial charge is 0.317 e. The highest BCUT2D eigenvalue weighted by molar-refractivity contribution is 5.22. The first-order valence-electron chi connectivity index (χ1n) is 7.66. The maximum atomic E-state index is 3.37. The average molecular weight is 262 g/mol. The molecule has 0 heterocycles. The lowest BCUT2D eigenvalue weighted by atomic mass is 10.1. The van der Waals surface area contributed by atoms with E-state index >= 15 is 0 Å². The van der Waals surface area contributed by atoms with Crippen LogP contribution in [0.2, 0.25) is 0 Å². The van der Waals surface area contributed by atoms with E-state index in [2.05, 4.69) is 62.2 Å². The van der Waals surface area contributed by atoms with Crippen LogP contribution in [0.4, 0.5) is 0 Å². The monoisotopic (exact) mass is 262 g/mol. The molecule has 0 spiro atoms. The molecule has 0 amide bonds. The third-order valence-electron chi connectivity index (χ3n) is 3.34. The smallest absolute Gasteiger partial charge is 0.0233 e. The summed E-state index contributed by atoms with van der Waals surface area (Å²) in [6.07, 6.45) is 1.12. The molecule has 0 aromatic heterocycles. The van der Waals surface area contributed by atoms with Crippen molar-refractivity contribution < 1.29 is 0 Å². The highest BCUT2D eigenvalue weighted by Gasteiger charge is 2.05. The van der Waals surface area contributed by atoms with Gasteiger partial charge >= 0.3 is 0 Å². The second-order valence-electron chi connectivity index (χ2n) is 5.64. The Bertz CT molecular complexity index is 330. The van der Waals surface area contributed by atoms with Gasteiger partial charge in [0.05, 0.1) is 0 Å². The Morgan fingerprint density at radius 3 is 2.21 bits per heavy atom. The molecule has 0 aliphatic rings. The zero-order valence-electron chi connectivity index (χ0n) is 13.1. The number of hydrogen-bond acceptors (Lipinski definition) is 2. The summed E-state index contributed by atoms with van der Waals surface area (Å²) in [7, 11) is 0. The molecule has 19 heavy (non-hydrogen) atoms.